The molecule has 7 aromatic rings. The number of aryl methyl sites for hydroxylation is 4. The third-order valence-electron chi connectivity index (χ3n) is 14.2. The monoisotopic (exact) mass is 736 g/mol. The maximum atomic E-state index is 5.41. The molecule has 0 atom stereocenters. The molecule has 0 spiro atoms. The van der Waals surface area contributed by atoms with Crippen molar-refractivity contribution in [2.45, 2.75) is 111 Å². The van der Waals surface area contributed by atoms with Gasteiger partial charge in [-0.3, -0.25) is 0 Å². The molecule has 282 valence electrons. The smallest absolute Gasteiger partial charge is 0.0930 e. The van der Waals surface area contributed by atoms with E-state index in [1.807, 2.05) is 0 Å². The second-order valence-electron chi connectivity index (χ2n) is 16.5. The standard InChI is InChI=1S/C48H48N8/c1-17-18(2)26(10)34-33(25(17)9)41-49-42(34)54-44-37-29(13)21(5)22(6)30(14)38(37)46(51-44)56-48-40-32(16)24(8)23(7)31(15)39(40)47(52-48)55-45-36-28(12)20(4)19(3)27(11)35(36)43(50-45)53-41/h1-16H3/q-2. The summed E-state index contributed by atoms with van der Waals surface area (Å²) in [5.41, 5.74) is 25.3. The highest BCUT2D eigenvalue weighted by Gasteiger charge is 2.26. The fourth-order valence-electron chi connectivity index (χ4n) is 9.38. The van der Waals surface area contributed by atoms with Gasteiger partial charge >= 0.3 is 0 Å². The highest BCUT2D eigenvalue weighted by molar-refractivity contribution is 6.11. The first-order valence-corrected chi connectivity index (χ1v) is 19.6. The van der Waals surface area contributed by atoms with Crippen LogP contribution in [0.4, 0.5) is 0 Å². The Morgan fingerprint density at radius 3 is 0.589 bits per heavy atom. The number of aromatic nitrogens is 8. The number of fused-ring (bicyclic) bond motifs is 20. The summed E-state index contributed by atoms with van der Waals surface area (Å²) in [7, 11) is 0. The van der Waals surface area contributed by atoms with Crippen LogP contribution in [0.3, 0.4) is 0 Å². The van der Waals surface area contributed by atoms with E-state index in [1.165, 1.54) is 44.5 Å². The molecular formula is C48H48N8-2. The Morgan fingerprint density at radius 1 is 0.214 bits per heavy atom. The van der Waals surface area contributed by atoms with Crippen LogP contribution in [0, 0.1) is 111 Å². The first-order chi connectivity index (χ1) is 26.4. The van der Waals surface area contributed by atoms with Gasteiger partial charge in [-0.1, -0.05) is 0 Å². The Kier molecular flexibility index (Phi) is 7.61. The van der Waals surface area contributed by atoms with Crippen molar-refractivity contribution in [3.8, 4) is 45.6 Å². The SMILES string of the molecule is Cc1c(C)c(C)c2c(c1C)-c1nc-2nc2[n-]c(nc3nc(nc4[n-]c(n1)c1c(C)c(C)c(C)c(C)c41)-c1c(C)c(C)c(C)c(C)c1-3)c1c(C)c(C)c(C)c(C)c21. The van der Waals surface area contributed by atoms with Crippen LogP contribution in [0.1, 0.15) is 89.0 Å². The lowest BCUT2D eigenvalue weighted by Gasteiger charge is -2.16. The Hall–Kier alpha value is -5.76. The van der Waals surface area contributed by atoms with Crippen molar-refractivity contribution in [2.75, 3.05) is 0 Å². The lowest BCUT2D eigenvalue weighted by Crippen LogP contribution is -1.98. The van der Waals surface area contributed by atoms with E-state index in [4.69, 9.17) is 39.9 Å². The highest BCUT2D eigenvalue weighted by atomic mass is 15.1. The summed E-state index contributed by atoms with van der Waals surface area (Å²) >= 11 is 0. The molecule has 5 heterocycles. The summed E-state index contributed by atoms with van der Waals surface area (Å²) in [6.45, 7) is 34.8. The van der Waals surface area contributed by atoms with Gasteiger partial charge in [0.15, 0.2) is 0 Å². The van der Waals surface area contributed by atoms with Crippen LogP contribution in [0.2, 0.25) is 0 Å². The van der Waals surface area contributed by atoms with Crippen LogP contribution in [-0.4, -0.2) is 29.9 Å². The molecule has 0 radical (unpaired) electrons. The van der Waals surface area contributed by atoms with E-state index < -0.39 is 0 Å². The zero-order valence-electron chi connectivity index (χ0n) is 35.6. The molecule has 2 aliphatic heterocycles. The van der Waals surface area contributed by atoms with Crippen molar-refractivity contribution in [2.24, 2.45) is 0 Å². The van der Waals surface area contributed by atoms with Gasteiger partial charge in [0.05, 0.1) is 23.3 Å². The van der Waals surface area contributed by atoms with Gasteiger partial charge in [0.1, 0.15) is 0 Å². The molecule has 8 heteroatoms. The number of hydrogen-bond acceptors (Lipinski definition) is 6. The van der Waals surface area contributed by atoms with Gasteiger partial charge < -0.3 is 29.9 Å². The van der Waals surface area contributed by atoms with Crippen molar-refractivity contribution in [1.82, 2.24) is 39.9 Å². The number of nitrogens with zero attached hydrogens (tertiary/aromatic N) is 8. The molecule has 56 heavy (non-hydrogen) atoms. The largest absolute Gasteiger partial charge is 0.357 e. The Bertz CT molecular complexity index is 2770. The van der Waals surface area contributed by atoms with E-state index in [2.05, 4.69) is 111 Å². The first kappa shape index (κ1) is 35.9. The normalized spacial score (nSPS) is 12.3. The number of benzene rings is 4. The summed E-state index contributed by atoms with van der Waals surface area (Å²) in [4.78, 5) is 42.8. The van der Waals surface area contributed by atoms with Crippen LogP contribution in [0.25, 0.3) is 89.7 Å². The summed E-state index contributed by atoms with van der Waals surface area (Å²) in [5.74, 6) is 2.42. The summed E-state index contributed by atoms with van der Waals surface area (Å²) in [5, 5.41) is 3.97. The minimum Gasteiger partial charge on any atom is -0.357 e. The van der Waals surface area contributed by atoms with Crippen molar-refractivity contribution < 1.29 is 0 Å². The van der Waals surface area contributed by atoms with Crippen molar-refractivity contribution in [3.63, 3.8) is 0 Å². The molecule has 0 aliphatic carbocycles. The van der Waals surface area contributed by atoms with E-state index in [9.17, 15) is 0 Å². The lowest BCUT2D eigenvalue weighted by atomic mass is 9.89. The predicted molar refractivity (Wildman–Crippen MR) is 230 cm³/mol. The minimum absolute atomic E-state index is 0.605. The molecule has 2 aliphatic rings. The maximum absolute atomic E-state index is 5.41. The van der Waals surface area contributed by atoms with Crippen LogP contribution >= 0.6 is 0 Å². The first-order valence-electron chi connectivity index (χ1n) is 19.6. The summed E-state index contributed by atoms with van der Waals surface area (Å²) in [6, 6.07) is 0. The molecule has 0 saturated heterocycles. The van der Waals surface area contributed by atoms with E-state index in [-0.39, 0.29) is 0 Å². The van der Waals surface area contributed by atoms with E-state index in [0.717, 1.165) is 88.3 Å². The Labute approximate surface area is 328 Å². The van der Waals surface area contributed by atoms with Crippen molar-refractivity contribution in [3.05, 3.63) is 89.0 Å². The topological polar surface area (TPSA) is 106 Å². The van der Waals surface area contributed by atoms with Crippen LogP contribution < -0.4 is 9.97 Å². The molecule has 0 unspecified atom stereocenters. The third kappa shape index (κ3) is 4.53. The minimum atomic E-state index is 0.605. The predicted octanol–water partition coefficient (Wildman–Crippen LogP) is 11.1. The zero-order valence-corrected chi connectivity index (χ0v) is 35.6. The molecule has 0 amide bonds. The molecule has 8 bridgehead atoms. The van der Waals surface area contributed by atoms with Crippen molar-refractivity contribution >= 4 is 44.1 Å². The molecular weight excluding hydrogens is 689 g/mol. The second-order valence-corrected chi connectivity index (χ2v) is 16.5. The third-order valence-corrected chi connectivity index (χ3v) is 14.2. The molecule has 3 aromatic heterocycles. The van der Waals surface area contributed by atoms with Gasteiger partial charge in [-0.2, -0.15) is 0 Å². The lowest BCUT2D eigenvalue weighted by molar-refractivity contribution is 1.18. The second kappa shape index (κ2) is 11.9. The molecule has 0 saturated carbocycles. The molecule has 4 aromatic carbocycles. The van der Waals surface area contributed by atoms with Crippen LogP contribution in [-0.2, 0) is 0 Å². The van der Waals surface area contributed by atoms with Gasteiger partial charge in [-0.25, -0.2) is 9.97 Å². The van der Waals surface area contributed by atoms with Gasteiger partial charge in [0, 0.05) is 44.8 Å². The van der Waals surface area contributed by atoms with Gasteiger partial charge in [-0.15, -0.1) is 0 Å². The van der Waals surface area contributed by atoms with E-state index >= 15 is 0 Å². The summed E-state index contributed by atoms with van der Waals surface area (Å²) in [6.07, 6.45) is 0. The highest BCUT2D eigenvalue weighted by Crippen LogP contribution is 2.45. The average Bonchev–Trinajstić information content (AvgIpc) is 3.92. The Morgan fingerprint density at radius 2 is 0.393 bits per heavy atom. The molecule has 8 nitrogen and oxygen atoms in total. The molecule has 0 fully saturated rings. The zero-order chi connectivity index (χ0) is 40.1. The quantitative estimate of drug-likeness (QED) is 0.151. The molecule has 9 rings (SSSR count). The van der Waals surface area contributed by atoms with Crippen LogP contribution in [0.5, 0.6) is 0 Å². The summed E-state index contributed by atoms with van der Waals surface area (Å²) < 4.78 is 0. The molecule has 0 N–H and O–H groups in total. The van der Waals surface area contributed by atoms with Gasteiger partial charge in [0.2, 0.25) is 0 Å². The maximum Gasteiger partial charge on any atom is 0.0930 e. The Balaban J connectivity index is 1.61. The number of rotatable bonds is 0. The van der Waals surface area contributed by atoms with E-state index in [0.29, 0.717) is 45.9 Å². The van der Waals surface area contributed by atoms with Gasteiger partial charge in [0.25, 0.3) is 0 Å². The number of hydrogen-bond donors (Lipinski definition) is 0. The van der Waals surface area contributed by atoms with Crippen molar-refractivity contribution in [1.29, 1.82) is 0 Å². The van der Waals surface area contributed by atoms with Gasteiger partial charge in [-0.05, 0) is 221 Å². The van der Waals surface area contributed by atoms with E-state index in [1.54, 1.807) is 0 Å². The fourth-order valence-corrected chi connectivity index (χ4v) is 9.38. The van der Waals surface area contributed by atoms with Crippen LogP contribution in [0.15, 0.2) is 0 Å². The fraction of sp³-hybridized carbons (Fsp3) is 0.333. The average molecular weight is 737 g/mol.